The predicted molar refractivity (Wildman–Crippen MR) is 120 cm³/mol. The standard InChI is InChI=1S/C23H41N3O7/c1-3-4-5-6-7-8-9-10-11-12-13-19(27)32-16-17-14-26(25-24-17)15-18-20(28)21(29)22(30)23(31-2)33-18/h14,18,20-23,28-30H,3-13,15-16H2,1-2H3/t18-,20-,21+,22-,23+/m1/s1. The molecule has 190 valence electrons. The van der Waals surface area contributed by atoms with Crippen molar-refractivity contribution in [1.82, 2.24) is 15.0 Å². The lowest BCUT2D eigenvalue weighted by molar-refractivity contribution is -0.292. The number of esters is 1. The third-order valence-corrected chi connectivity index (χ3v) is 5.97. The highest BCUT2D eigenvalue weighted by atomic mass is 16.7. The highest BCUT2D eigenvalue weighted by Gasteiger charge is 2.44. The van der Waals surface area contributed by atoms with Crippen LogP contribution in [0.15, 0.2) is 6.20 Å². The van der Waals surface area contributed by atoms with E-state index in [2.05, 4.69) is 17.2 Å². The van der Waals surface area contributed by atoms with Crippen LogP contribution >= 0.6 is 0 Å². The molecule has 0 bridgehead atoms. The van der Waals surface area contributed by atoms with Crippen LogP contribution in [0.4, 0.5) is 0 Å². The average Bonchev–Trinajstić information content (AvgIpc) is 3.26. The molecule has 10 nitrogen and oxygen atoms in total. The first-order chi connectivity index (χ1) is 16.0. The van der Waals surface area contributed by atoms with Gasteiger partial charge in [-0.2, -0.15) is 0 Å². The summed E-state index contributed by atoms with van der Waals surface area (Å²) in [6, 6.07) is 0. The molecule has 0 spiro atoms. The molecule has 1 fully saturated rings. The van der Waals surface area contributed by atoms with Crippen molar-refractivity contribution in [2.75, 3.05) is 7.11 Å². The van der Waals surface area contributed by atoms with E-state index in [1.165, 1.54) is 56.7 Å². The number of aliphatic hydroxyl groups is 3. The average molecular weight is 472 g/mol. The second-order valence-corrected chi connectivity index (χ2v) is 8.77. The summed E-state index contributed by atoms with van der Waals surface area (Å²) in [7, 11) is 1.34. The topological polar surface area (TPSA) is 136 Å². The summed E-state index contributed by atoms with van der Waals surface area (Å²) in [5.74, 6) is -0.254. The highest BCUT2D eigenvalue weighted by Crippen LogP contribution is 2.22. The smallest absolute Gasteiger partial charge is 0.306 e. The van der Waals surface area contributed by atoms with Crippen LogP contribution in [0.1, 0.15) is 83.2 Å². The van der Waals surface area contributed by atoms with Crippen LogP contribution < -0.4 is 0 Å². The number of hydrogen-bond donors (Lipinski definition) is 3. The molecule has 1 saturated heterocycles. The van der Waals surface area contributed by atoms with Crippen LogP contribution in [0.25, 0.3) is 0 Å². The van der Waals surface area contributed by atoms with Crippen LogP contribution in [-0.2, 0) is 32.2 Å². The van der Waals surface area contributed by atoms with E-state index in [1.807, 2.05) is 0 Å². The molecule has 3 N–H and O–H groups in total. The molecule has 1 aromatic heterocycles. The molecule has 0 aliphatic carbocycles. The fourth-order valence-electron chi connectivity index (χ4n) is 3.92. The minimum atomic E-state index is -1.40. The highest BCUT2D eigenvalue weighted by molar-refractivity contribution is 5.69. The lowest BCUT2D eigenvalue weighted by Gasteiger charge is -2.39. The molecular formula is C23H41N3O7. The van der Waals surface area contributed by atoms with Gasteiger partial charge in [-0.05, 0) is 6.42 Å². The molecule has 0 radical (unpaired) electrons. The summed E-state index contributed by atoms with van der Waals surface area (Å²) in [6.07, 6.45) is 8.14. The van der Waals surface area contributed by atoms with Crippen molar-refractivity contribution in [2.24, 2.45) is 0 Å². The molecule has 2 rings (SSSR count). The van der Waals surface area contributed by atoms with Crippen molar-refractivity contribution in [3.05, 3.63) is 11.9 Å². The van der Waals surface area contributed by atoms with E-state index >= 15 is 0 Å². The molecule has 1 aliphatic rings. The number of rotatable bonds is 16. The van der Waals surface area contributed by atoms with Gasteiger partial charge in [-0.25, -0.2) is 4.68 Å². The van der Waals surface area contributed by atoms with Crippen LogP contribution in [0, 0.1) is 0 Å². The Bertz CT molecular complexity index is 670. The van der Waals surface area contributed by atoms with Crippen molar-refractivity contribution < 1.29 is 34.3 Å². The van der Waals surface area contributed by atoms with Gasteiger partial charge in [0.25, 0.3) is 0 Å². The molecule has 2 heterocycles. The Morgan fingerprint density at radius 1 is 1.00 bits per heavy atom. The van der Waals surface area contributed by atoms with Crippen molar-refractivity contribution in [2.45, 2.75) is 121 Å². The summed E-state index contributed by atoms with van der Waals surface area (Å²) in [6.45, 7) is 2.34. The lowest BCUT2D eigenvalue weighted by atomic mass is 9.99. The quantitative estimate of drug-likeness (QED) is 0.244. The third kappa shape index (κ3) is 9.66. The largest absolute Gasteiger partial charge is 0.459 e. The van der Waals surface area contributed by atoms with E-state index in [4.69, 9.17) is 14.2 Å². The molecule has 0 saturated carbocycles. The first-order valence-electron chi connectivity index (χ1n) is 12.2. The van der Waals surface area contributed by atoms with Crippen LogP contribution in [0.2, 0.25) is 0 Å². The number of methoxy groups -OCH3 is 1. The van der Waals surface area contributed by atoms with Crippen molar-refractivity contribution in [3.63, 3.8) is 0 Å². The molecule has 1 aliphatic heterocycles. The minimum Gasteiger partial charge on any atom is -0.459 e. The molecular weight excluding hydrogens is 430 g/mol. The summed E-state index contributed by atoms with van der Waals surface area (Å²) in [5.41, 5.74) is 0.473. The summed E-state index contributed by atoms with van der Waals surface area (Å²) < 4.78 is 17.2. The van der Waals surface area contributed by atoms with E-state index in [9.17, 15) is 20.1 Å². The van der Waals surface area contributed by atoms with E-state index < -0.39 is 30.7 Å². The van der Waals surface area contributed by atoms with Gasteiger partial charge >= 0.3 is 5.97 Å². The maximum absolute atomic E-state index is 12.0. The van der Waals surface area contributed by atoms with Gasteiger partial charge in [-0.15, -0.1) is 5.10 Å². The summed E-state index contributed by atoms with van der Waals surface area (Å²) in [5, 5.41) is 37.8. The number of hydrogen-bond acceptors (Lipinski definition) is 9. The number of carbonyl (C=O) groups is 1. The normalized spacial score (nSPS) is 25.3. The molecule has 10 heteroatoms. The number of carbonyl (C=O) groups excluding carboxylic acids is 1. The lowest BCUT2D eigenvalue weighted by Crippen LogP contribution is -2.58. The Balaban J connectivity index is 1.59. The number of aliphatic hydroxyl groups excluding tert-OH is 3. The minimum absolute atomic E-state index is 0.0205. The summed E-state index contributed by atoms with van der Waals surface area (Å²) in [4.78, 5) is 12.0. The Morgan fingerprint density at radius 2 is 1.64 bits per heavy atom. The Hall–Kier alpha value is -1.59. The maximum atomic E-state index is 12.0. The van der Waals surface area contributed by atoms with Gasteiger partial charge in [0.1, 0.15) is 36.7 Å². The third-order valence-electron chi connectivity index (χ3n) is 5.97. The van der Waals surface area contributed by atoms with Crippen LogP contribution in [-0.4, -0.2) is 74.1 Å². The van der Waals surface area contributed by atoms with Gasteiger partial charge < -0.3 is 29.5 Å². The predicted octanol–water partition coefficient (Wildman–Crippen LogP) is 2.09. The van der Waals surface area contributed by atoms with Crippen LogP contribution in [0.3, 0.4) is 0 Å². The Labute approximate surface area is 196 Å². The Kier molecular flexibility index (Phi) is 12.9. The number of ether oxygens (including phenoxy) is 3. The molecule has 1 aromatic rings. The molecule has 5 atom stereocenters. The SMILES string of the molecule is CCCCCCCCCCCCC(=O)OCc1cn(C[C@H]2O[C@H](OC)[C@H](O)[C@@H](O)[C@@H]2O)nn1. The maximum Gasteiger partial charge on any atom is 0.306 e. The van der Waals surface area contributed by atoms with E-state index in [0.29, 0.717) is 12.1 Å². The number of aromatic nitrogens is 3. The van der Waals surface area contributed by atoms with Gasteiger partial charge in [0.2, 0.25) is 0 Å². The zero-order chi connectivity index (χ0) is 24.1. The van der Waals surface area contributed by atoms with Crippen molar-refractivity contribution in [3.8, 4) is 0 Å². The molecule has 0 amide bonds. The van der Waals surface area contributed by atoms with E-state index in [0.717, 1.165) is 19.3 Å². The molecule has 33 heavy (non-hydrogen) atoms. The second-order valence-electron chi connectivity index (χ2n) is 8.77. The van der Waals surface area contributed by atoms with Gasteiger partial charge in [0.15, 0.2) is 6.29 Å². The van der Waals surface area contributed by atoms with E-state index in [1.54, 1.807) is 6.20 Å². The van der Waals surface area contributed by atoms with E-state index in [-0.39, 0.29) is 19.1 Å². The fourth-order valence-corrected chi connectivity index (χ4v) is 3.92. The fraction of sp³-hybridized carbons (Fsp3) is 0.870. The van der Waals surface area contributed by atoms with Gasteiger partial charge in [-0.3, -0.25) is 4.79 Å². The van der Waals surface area contributed by atoms with Gasteiger partial charge in [0.05, 0.1) is 12.7 Å². The van der Waals surface area contributed by atoms with Crippen molar-refractivity contribution >= 4 is 5.97 Å². The van der Waals surface area contributed by atoms with Gasteiger partial charge in [-0.1, -0.05) is 69.9 Å². The molecule has 0 aromatic carbocycles. The first-order valence-corrected chi connectivity index (χ1v) is 12.2. The Morgan fingerprint density at radius 3 is 2.27 bits per heavy atom. The molecule has 0 unspecified atom stereocenters. The zero-order valence-corrected chi connectivity index (χ0v) is 20.0. The zero-order valence-electron chi connectivity index (χ0n) is 20.0. The van der Waals surface area contributed by atoms with Crippen molar-refractivity contribution in [1.29, 1.82) is 0 Å². The monoisotopic (exact) mass is 471 g/mol. The summed E-state index contributed by atoms with van der Waals surface area (Å²) >= 11 is 0. The van der Waals surface area contributed by atoms with Crippen LogP contribution in [0.5, 0.6) is 0 Å². The number of nitrogens with zero attached hydrogens (tertiary/aromatic N) is 3. The number of unbranched alkanes of at least 4 members (excludes halogenated alkanes) is 9. The first kappa shape index (κ1) is 27.7. The second kappa shape index (κ2) is 15.3. The van der Waals surface area contributed by atoms with Gasteiger partial charge in [0, 0.05) is 13.5 Å².